The Bertz CT molecular complexity index is 593. The molecule has 2 heteroatoms. The molecule has 0 aromatic heterocycles. The van der Waals surface area contributed by atoms with Crippen LogP contribution in [0.2, 0.25) is 0 Å². The van der Waals surface area contributed by atoms with E-state index in [0.717, 1.165) is 36.5 Å². The van der Waals surface area contributed by atoms with Crippen LogP contribution < -0.4 is 0 Å². The van der Waals surface area contributed by atoms with E-state index in [4.69, 9.17) is 4.74 Å². The lowest BCUT2D eigenvalue weighted by Crippen LogP contribution is -2.53. The molecular formula is C24H38O2. The normalized spacial score (nSPS) is 49.2. The SMILES string of the molecule is CC/C=C1\CC[C@@H]2[C@H]3CC[C@H]4C[C@@H](OC(C)=O)CC[C@]4(C)[C@@H]3CC[C@@]12C. The standard InChI is InChI=1S/C24H38O2/c1-5-6-17-8-10-21-20-9-7-18-15-19(26-16(2)25)11-13-24(18,4)22(20)12-14-23(17,21)3/h6,18-22H,5,7-15H2,1-4H3/b17-6+/t18-,19-,20+,21+,22+,23-,24-/m0/s1. The molecule has 0 unspecified atom stereocenters. The van der Waals surface area contributed by atoms with Crippen LogP contribution in [0.4, 0.5) is 0 Å². The van der Waals surface area contributed by atoms with Gasteiger partial charge in [-0.3, -0.25) is 4.79 Å². The van der Waals surface area contributed by atoms with Gasteiger partial charge in [0.2, 0.25) is 0 Å². The van der Waals surface area contributed by atoms with Crippen LogP contribution in [-0.4, -0.2) is 12.1 Å². The van der Waals surface area contributed by atoms with E-state index < -0.39 is 0 Å². The lowest BCUT2D eigenvalue weighted by molar-refractivity contribution is -0.158. The molecule has 0 aliphatic heterocycles. The van der Waals surface area contributed by atoms with E-state index in [9.17, 15) is 4.79 Å². The van der Waals surface area contributed by atoms with Gasteiger partial charge in [0.1, 0.15) is 6.10 Å². The molecule has 4 aliphatic carbocycles. The first-order valence-electron chi connectivity index (χ1n) is 11.2. The van der Waals surface area contributed by atoms with Gasteiger partial charge < -0.3 is 4.74 Å². The van der Waals surface area contributed by atoms with E-state index in [-0.39, 0.29) is 12.1 Å². The van der Waals surface area contributed by atoms with Crippen molar-refractivity contribution in [1.29, 1.82) is 0 Å². The number of hydrogen-bond donors (Lipinski definition) is 0. The first kappa shape index (κ1) is 18.6. The summed E-state index contributed by atoms with van der Waals surface area (Å²) in [6, 6.07) is 0. The molecule has 146 valence electrons. The number of ether oxygens (including phenoxy) is 1. The Morgan fingerprint density at radius 2 is 1.92 bits per heavy atom. The third-order valence-electron chi connectivity index (χ3n) is 9.25. The van der Waals surface area contributed by atoms with Gasteiger partial charge in [-0.05, 0) is 98.7 Å². The van der Waals surface area contributed by atoms with E-state index in [1.54, 1.807) is 12.5 Å². The van der Waals surface area contributed by atoms with E-state index >= 15 is 0 Å². The molecule has 2 nitrogen and oxygen atoms in total. The summed E-state index contributed by atoms with van der Waals surface area (Å²) in [6.07, 6.45) is 15.8. The van der Waals surface area contributed by atoms with Crippen LogP contribution in [0.5, 0.6) is 0 Å². The minimum Gasteiger partial charge on any atom is -0.463 e. The Balaban J connectivity index is 1.54. The second-order valence-electron chi connectivity index (χ2n) is 10.3. The fraction of sp³-hybridized carbons (Fsp3) is 0.875. The van der Waals surface area contributed by atoms with Gasteiger partial charge in [-0.1, -0.05) is 32.4 Å². The molecule has 26 heavy (non-hydrogen) atoms. The number of hydrogen-bond acceptors (Lipinski definition) is 2. The third-order valence-corrected chi connectivity index (χ3v) is 9.25. The summed E-state index contributed by atoms with van der Waals surface area (Å²) in [4.78, 5) is 11.4. The van der Waals surface area contributed by atoms with Gasteiger partial charge in [0.25, 0.3) is 0 Å². The molecule has 4 aliphatic rings. The average molecular weight is 359 g/mol. The Hall–Kier alpha value is -0.790. The van der Waals surface area contributed by atoms with Crippen LogP contribution in [0.1, 0.15) is 91.9 Å². The number of allylic oxidation sites excluding steroid dienone is 2. The summed E-state index contributed by atoms with van der Waals surface area (Å²) < 4.78 is 5.60. The highest BCUT2D eigenvalue weighted by molar-refractivity contribution is 5.66. The summed E-state index contributed by atoms with van der Waals surface area (Å²) in [5.41, 5.74) is 2.77. The van der Waals surface area contributed by atoms with Crippen LogP contribution in [0.15, 0.2) is 11.6 Å². The topological polar surface area (TPSA) is 26.3 Å². The second-order valence-corrected chi connectivity index (χ2v) is 10.3. The van der Waals surface area contributed by atoms with Crippen molar-refractivity contribution in [2.24, 2.45) is 34.5 Å². The predicted molar refractivity (Wildman–Crippen MR) is 106 cm³/mol. The number of rotatable bonds is 2. The van der Waals surface area contributed by atoms with Gasteiger partial charge in [0.05, 0.1) is 0 Å². The first-order chi connectivity index (χ1) is 12.4. The summed E-state index contributed by atoms with van der Waals surface area (Å²) in [5.74, 6) is 3.42. The van der Waals surface area contributed by atoms with Crippen LogP contribution in [0.25, 0.3) is 0 Å². The fourth-order valence-corrected chi connectivity index (χ4v) is 7.99. The van der Waals surface area contributed by atoms with Crippen molar-refractivity contribution >= 4 is 5.97 Å². The molecule has 0 heterocycles. The van der Waals surface area contributed by atoms with Crippen LogP contribution in [0, 0.1) is 34.5 Å². The minimum atomic E-state index is -0.0954. The molecule has 0 bridgehead atoms. The van der Waals surface area contributed by atoms with Crippen LogP contribution in [0.3, 0.4) is 0 Å². The zero-order chi connectivity index (χ0) is 18.5. The third kappa shape index (κ3) is 2.78. The largest absolute Gasteiger partial charge is 0.463 e. The van der Waals surface area contributed by atoms with Gasteiger partial charge >= 0.3 is 5.97 Å². The smallest absolute Gasteiger partial charge is 0.302 e. The fourth-order valence-electron chi connectivity index (χ4n) is 7.99. The molecule has 0 saturated heterocycles. The van der Waals surface area contributed by atoms with Crippen molar-refractivity contribution in [3.8, 4) is 0 Å². The summed E-state index contributed by atoms with van der Waals surface area (Å²) >= 11 is 0. The average Bonchev–Trinajstić information content (AvgIpc) is 2.92. The Morgan fingerprint density at radius 3 is 2.65 bits per heavy atom. The molecule has 0 aromatic rings. The van der Waals surface area contributed by atoms with Crippen LogP contribution in [-0.2, 0) is 9.53 Å². The van der Waals surface area contributed by atoms with E-state index in [0.29, 0.717) is 10.8 Å². The quantitative estimate of drug-likeness (QED) is 0.428. The van der Waals surface area contributed by atoms with Gasteiger partial charge in [-0.2, -0.15) is 0 Å². The first-order valence-corrected chi connectivity index (χ1v) is 11.2. The molecule has 0 radical (unpaired) electrons. The Kier molecular flexibility index (Phi) is 4.77. The molecule has 0 N–H and O–H groups in total. The lowest BCUT2D eigenvalue weighted by atomic mass is 9.45. The molecule has 0 aromatic carbocycles. The maximum absolute atomic E-state index is 11.4. The highest BCUT2D eigenvalue weighted by Gasteiger charge is 2.59. The highest BCUT2D eigenvalue weighted by Crippen LogP contribution is 2.67. The summed E-state index contributed by atoms with van der Waals surface area (Å²) in [7, 11) is 0. The van der Waals surface area contributed by atoms with Crippen molar-refractivity contribution in [3.63, 3.8) is 0 Å². The number of fused-ring (bicyclic) bond motifs is 5. The summed E-state index contributed by atoms with van der Waals surface area (Å²) in [5, 5.41) is 0. The molecule has 0 amide bonds. The van der Waals surface area contributed by atoms with Gasteiger partial charge in [-0.25, -0.2) is 0 Å². The van der Waals surface area contributed by atoms with E-state index in [1.165, 1.54) is 51.4 Å². The molecule has 4 fully saturated rings. The van der Waals surface area contributed by atoms with Gasteiger partial charge in [0, 0.05) is 6.92 Å². The van der Waals surface area contributed by atoms with Crippen molar-refractivity contribution < 1.29 is 9.53 Å². The summed E-state index contributed by atoms with van der Waals surface area (Å²) in [6.45, 7) is 9.05. The molecule has 4 rings (SSSR count). The lowest BCUT2D eigenvalue weighted by Gasteiger charge is -2.60. The van der Waals surface area contributed by atoms with Crippen LogP contribution >= 0.6 is 0 Å². The van der Waals surface area contributed by atoms with Gasteiger partial charge in [-0.15, -0.1) is 0 Å². The maximum atomic E-state index is 11.4. The highest BCUT2D eigenvalue weighted by atomic mass is 16.5. The zero-order valence-corrected chi connectivity index (χ0v) is 17.4. The second kappa shape index (κ2) is 6.67. The van der Waals surface area contributed by atoms with Gasteiger partial charge in [0.15, 0.2) is 0 Å². The number of esters is 1. The van der Waals surface area contributed by atoms with Crippen molar-refractivity contribution in [2.75, 3.05) is 0 Å². The van der Waals surface area contributed by atoms with E-state index in [2.05, 4.69) is 26.8 Å². The van der Waals surface area contributed by atoms with Crippen molar-refractivity contribution in [3.05, 3.63) is 11.6 Å². The van der Waals surface area contributed by atoms with Crippen molar-refractivity contribution in [2.45, 2.75) is 98.0 Å². The maximum Gasteiger partial charge on any atom is 0.302 e. The number of carbonyl (C=O) groups excluding carboxylic acids is 1. The monoisotopic (exact) mass is 358 g/mol. The van der Waals surface area contributed by atoms with E-state index in [1.807, 2.05) is 0 Å². The van der Waals surface area contributed by atoms with Crippen molar-refractivity contribution in [1.82, 2.24) is 0 Å². The Labute approximate surface area is 160 Å². The Morgan fingerprint density at radius 1 is 1.12 bits per heavy atom. The molecule has 7 atom stereocenters. The number of carbonyl (C=O) groups is 1. The molecular weight excluding hydrogens is 320 g/mol. The predicted octanol–water partition coefficient (Wildman–Crippen LogP) is 6.30. The molecule has 0 spiro atoms. The minimum absolute atomic E-state index is 0.0954. The molecule has 4 saturated carbocycles. The zero-order valence-electron chi connectivity index (χ0n) is 17.4.